The Bertz CT molecular complexity index is 1620. The molecule has 4 rings (SSSR count). The van der Waals surface area contributed by atoms with Crippen LogP contribution in [0.25, 0.3) is 21.8 Å². The number of benzene rings is 2. The second kappa shape index (κ2) is 9.91. The number of nitrogens with zero attached hydrogens (tertiary/aromatic N) is 3. The summed E-state index contributed by atoms with van der Waals surface area (Å²) in [5, 5.41) is 3.18. The Morgan fingerprint density at radius 3 is 2.16 bits per heavy atom. The lowest BCUT2D eigenvalue weighted by atomic mass is 10.1. The maximum absolute atomic E-state index is 13.0. The van der Waals surface area contributed by atoms with E-state index in [4.69, 9.17) is 18.9 Å². The molecular formula is C23H20F3N5O7. The molecule has 0 radical (unpaired) electrons. The molecule has 0 spiro atoms. The molecule has 4 aromatic rings. The first kappa shape index (κ1) is 26.2. The van der Waals surface area contributed by atoms with Gasteiger partial charge in [0.15, 0.2) is 23.0 Å². The Labute approximate surface area is 211 Å². The molecule has 2 N–H and O–H groups in total. The van der Waals surface area contributed by atoms with Gasteiger partial charge in [0.1, 0.15) is 16.7 Å². The van der Waals surface area contributed by atoms with Crippen LogP contribution < -0.4 is 34.6 Å². The number of aromatic nitrogens is 4. The molecule has 38 heavy (non-hydrogen) atoms. The summed E-state index contributed by atoms with van der Waals surface area (Å²) in [5.74, 6) is -2.88. The first-order chi connectivity index (χ1) is 18.0. The number of carbonyl (C=O) groups excluding carboxylic acids is 1. The minimum atomic E-state index is -5.28. The molecule has 0 aliphatic rings. The van der Waals surface area contributed by atoms with Gasteiger partial charge in [-0.05, 0) is 13.0 Å². The number of rotatable bonds is 7. The summed E-state index contributed by atoms with van der Waals surface area (Å²) < 4.78 is 63.6. The minimum absolute atomic E-state index is 0.0754. The lowest BCUT2D eigenvalue weighted by molar-refractivity contribution is -0.189. The van der Waals surface area contributed by atoms with Gasteiger partial charge in [-0.2, -0.15) is 13.2 Å². The van der Waals surface area contributed by atoms with E-state index in [1.807, 2.05) is 0 Å². The molecule has 0 atom stereocenters. The van der Waals surface area contributed by atoms with Crippen LogP contribution in [-0.4, -0.2) is 60.5 Å². The average molecular weight is 535 g/mol. The Kier molecular flexibility index (Phi) is 6.85. The highest BCUT2D eigenvalue weighted by Gasteiger charge is 2.42. The molecule has 12 nitrogen and oxygen atoms in total. The number of nitrogens with one attached hydrogen (secondary N) is 2. The van der Waals surface area contributed by atoms with E-state index in [-0.39, 0.29) is 28.5 Å². The van der Waals surface area contributed by atoms with Crippen molar-refractivity contribution in [2.24, 2.45) is 0 Å². The molecule has 0 amide bonds. The Hall–Kier alpha value is -4.82. The fourth-order valence-electron chi connectivity index (χ4n) is 3.66. The molecule has 15 heteroatoms. The first-order valence-corrected chi connectivity index (χ1v) is 10.7. The van der Waals surface area contributed by atoms with Gasteiger partial charge < -0.3 is 23.7 Å². The smallest absolute Gasteiger partial charge is 0.491 e. The van der Waals surface area contributed by atoms with E-state index in [1.165, 1.54) is 21.3 Å². The summed E-state index contributed by atoms with van der Waals surface area (Å²) in [6, 6.07) is 4.34. The van der Waals surface area contributed by atoms with E-state index in [0.29, 0.717) is 28.1 Å². The number of fused-ring (bicyclic) bond motifs is 2. The quantitative estimate of drug-likeness (QED) is 0.265. The summed E-state index contributed by atoms with van der Waals surface area (Å²) >= 11 is 0. The monoisotopic (exact) mass is 535 g/mol. The van der Waals surface area contributed by atoms with E-state index >= 15 is 0 Å². The van der Waals surface area contributed by atoms with Crippen molar-refractivity contribution in [3.8, 4) is 28.7 Å². The number of esters is 1. The van der Waals surface area contributed by atoms with E-state index < -0.39 is 29.2 Å². The zero-order valence-corrected chi connectivity index (χ0v) is 20.6. The van der Waals surface area contributed by atoms with Crippen LogP contribution in [0, 0.1) is 6.92 Å². The van der Waals surface area contributed by atoms with Crippen molar-refractivity contribution in [1.82, 2.24) is 19.9 Å². The lowest BCUT2D eigenvalue weighted by Gasteiger charge is -2.15. The molecule has 0 saturated carbocycles. The van der Waals surface area contributed by atoms with Crippen LogP contribution in [0.2, 0.25) is 0 Å². The molecule has 0 unspecified atom stereocenters. The van der Waals surface area contributed by atoms with E-state index in [1.54, 1.807) is 19.1 Å². The van der Waals surface area contributed by atoms with Crippen LogP contribution in [0.15, 0.2) is 23.0 Å². The molecule has 2 aromatic heterocycles. The molecule has 0 aliphatic carbocycles. The largest absolute Gasteiger partial charge is 0.494 e. The third-order valence-corrected chi connectivity index (χ3v) is 5.35. The Morgan fingerprint density at radius 1 is 0.895 bits per heavy atom. The number of aryl methyl sites for hydroxylation is 1. The Morgan fingerprint density at radius 2 is 1.55 bits per heavy atom. The summed E-state index contributed by atoms with van der Waals surface area (Å²) in [5.41, 5.74) is 0.168. The molecule has 2 aromatic carbocycles. The summed E-state index contributed by atoms with van der Waals surface area (Å²) in [6.07, 6.45) is -5.28. The van der Waals surface area contributed by atoms with Crippen molar-refractivity contribution < 1.29 is 41.7 Å². The van der Waals surface area contributed by atoms with Gasteiger partial charge in [0.25, 0.3) is 5.56 Å². The highest BCUT2D eigenvalue weighted by atomic mass is 19.4. The zero-order chi connectivity index (χ0) is 27.8. The highest BCUT2D eigenvalue weighted by Crippen LogP contribution is 2.40. The third-order valence-electron chi connectivity index (χ3n) is 5.35. The standard InChI is InChI=1S/C23H20F3N5O7/c1-9-10-6-12(34-2)13(35-3)7-11(10)28-21(27-9)31-22-29-17-14(36-4)8-15(38-20(33)23(24,25)26)18(37-5)16(17)19(32)30-22/h6-8H,1-5H3,(H2,27,28,29,30,31,32). The van der Waals surface area contributed by atoms with Gasteiger partial charge in [0, 0.05) is 17.5 Å². The highest BCUT2D eigenvalue weighted by molar-refractivity contribution is 5.94. The van der Waals surface area contributed by atoms with Crippen molar-refractivity contribution >= 4 is 39.7 Å². The van der Waals surface area contributed by atoms with Crippen LogP contribution >= 0.6 is 0 Å². The average Bonchev–Trinajstić information content (AvgIpc) is 2.87. The second-order valence-electron chi connectivity index (χ2n) is 7.62. The second-order valence-corrected chi connectivity index (χ2v) is 7.62. The molecule has 2 heterocycles. The molecule has 0 bridgehead atoms. The summed E-state index contributed by atoms with van der Waals surface area (Å²) in [7, 11) is 5.28. The summed E-state index contributed by atoms with van der Waals surface area (Å²) in [4.78, 5) is 39.9. The summed E-state index contributed by atoms with van der Waals surface area (Å²) in [6.45, 7) is 1.75. The third kappa shape index (κ3) is 4.77. The molecule has 0 saturated heterocycles. The molecule has 200 valence electrons. The van der Waals surface area contributed by atoms with Crippen molar-refractivity contribution in [2.75, 3.05) is 33.8 Å². The predicted molar refractivity (Wildman–Crippen MR) is 128 cm³/mol. The topological polar surface area (TPSA) is 147 Å². The maximum atomic E-state index is 13.0. The number of hydrogen-bond acceptors (Lipinski definition) is 11. The van der Waals surface area contributed by atoms with Crippen molar-refractivity contribution in [3.05, 3.63) is 34.2 Å². The van der Waals surface area contributed by atoms with E-state index in [2.05, 4.69) is 30.0 Å². The van der Waals surface area contributed by atoms with Gasteiger partial charge in [0.05, 0.1) is 39.6 Å². The number of halogens is 3. The van der Waals surface area contributed by atoms with Crippen LogP contribution in [0.3, 0.4) is 0 Å². The molecular weight excluding hydrogens is 515 g/mol. The van der Waals surface area contributed by atoms with Gasteiger partial charge >= 0.3 is 12.1 Å². The number of methoxy groups -OCH3 is 4. The van der Waals surface area contributed by atoms with Crippen LogP contribution in [0.1, 0.15) is 5.69 Å². The van der Waals surface area contributed by atoms with Crippen LogP contribution in [0.5, 0.6) is 28.7 Å². The van der Waals surface area contributed by atoms with Crippen LogP contribution in [-0.2, 0) is 4.79 Å². The fourth-order valence-corrected chi connectivity index (χ4v) is 3.66. The molecule has 0 fully saturated rings. The number of ether oxygens (including phenoxy) is 5. The maximum Gasteiger partial charge on any atom is 0.491 e. The fraction of sp³-hybridized carbons (Fsp3) is 0.261. The van der Waals surface area contributed by atoms with Crippen molar-refractivity contribution in [2.45, 2.75) is 13.1 Å². The van der Waals surface area contributed by atoms with Gasteiger partial charge in [-0.25, -0.2) is 19.7 Å². The van der Waals surface area contributed by atoms with Gasteiger partial charge in [-0.3, -0.25) is 15.1 Å². The van der Waals surface area contributed by atoms with E-state index in [0.717, 1.165) is 13.2 Å². The van der Waals surface area contributed by atoms with Gasteiger partial charge in [-0.15, -0.1) is 0 Å². The SMILES string of the molecule is COc1cc2nc(Nc3nc4c(OC)cc(OC(=O)C(F)(F)F)c(OC)c4c(=O)[nH]3)nc(C)c2cc1OC. The lowest BCUT2D eigenvalue weighted by Crippen LogP contribution is -2.28. The van der Waals surface area contributed by atoms with Gasteiger partial charge in [0.2, 0.25) is 11.9 Å². The van der Waals surface area contributed by atoms with E-state index in [9.17, 15) is 22.8 Å². The van der Waals surface area contributed by atoms with Crippen molar-refractivity contribution in [3.63, 3.8) is 0 Å². The Balaban J connectivity index is 1.81. The van der Waals surface area contributed by atoms with Gasteiger partial charge in [-0.1, -0.05) is 0 Å². The molecule has 0 aliphatic heterocycles. The minimum Gasteiger partial charge on any atom is -0.494 e. The number of carbonyl (C=O) groups is 1. The number of hydrogen-bond donors (Lipinski definition) is 2. The number of H-pyrrole nitrogens is 1. The normalized spacial score (nSPS) is 11.4. The predicted octanol–water partition coefficient (Wildman–Crippen LogP) is 3.42. The number of alkyl halides is 3. The van der Waals surface area contributed by atoms with Crippen LogP contribution in [0.4, 0.5) is 25.1 Å². The number of anilines is 2. The zero-order valence-electron chi connectivity index (χ0n) is 20.6. The number of aromatic amines is 1. The van der Waals surface area contributed by atoms with Crippen molar-refractivity contribution in [1.29, 1.82) is 0 Å². The first-order valence-electron chi connectivity index (χ1n) is 10.7.